The van der Waals surface area contributed by atoms with Crippen molar-refractivity contribution < 1.29 is 23.2 Å². The summed E-state index contributed by atoms with van der Waals surface area (Å²) in [5.41, 5.74) is 6.54. The van der Waals surface area contributed by atoms with E-state index in [9.17, 15) is 23.2 Å². The van der Waals surface area contributed by atoms with Crippen molar-refractivity contribution in [3.05, 3.63) is 71.1 Å². The lowest BCUT2D eigenvalue weighted by atomic mass is 9.81. The van der Waals surface area contributed by atoms with Crippen molar-refractivity contribution in [1.82, 2.24) is 25.0 Å². The van der Waals surface area contributed by atoms with E-state index in [1.807, 2.05) is 0 Å². The molecule has 1 saturated heterocycles. The number of nitrogens with zero attached hydrogens (tertiary/aromatic N) is 5. The fraction of sp³-hybridized carbons (Fsp3) is 0.346. The predicted octanol–water partition coefficient (Wildman–Crippen LogP) is 2.88. The molecular formula is C26H29F2N7O3. The summed E-state index contributed by atoms with van der Waals surface area (Å²) >= 11 is 0. The Kier molecular flexibility index (Phi) is 7.42. The number of aromatic nitrogens is 3. The fourth-order valence-electron chi connectivity index (χ4n) is 4.69. The maximum Gasteiger partial charge on any atom is 0.325 e. The van der Waals surface area contributed by atoms with Gasteiger partial charge in [0.25, 0.3) is 5.91 Å². The van der Waals surface area contributed by atoms with Gasteiger partial charge >= 0.3 is 6.03 Å². The molecule has 1 aromatic carbocycles. The van der Waals surface area contributed by atoms with Crippen molar-refractivity contribution in [2.45, 2.75) is 38.8 Å². The second kappa shape index (κ2) is 10.6. The van der Waals surface area contributed by atoms with Crippen molar-refractivity contribution in [3.63, 3.8) is 0 Å². The van der Waals surface area contributed by atoms with Crippen LogP contribution in [0.5, 0.6) is 0 Å². The van der Waals surface area contributed by atoms with Crippen LogP contribution in [0.1, 0.15) is 36.1 Å². The first kappa shape index (κ1) is 26.7. The minimum absolute atomic E-state index is 0.0457. The molecule has 38 heavy (non-hydrogen) atoms. The Balaban J connectivity index is 1.63. The number of imide groups is 1. The number of hydrogen-bond acceptors (Lipinski definition) is 6. The second-order valence-electron chi connectivity index (χ2n) is 9.27. The van der Waals surface area contributed by atoms with Crippen LogP contribution in [-0.4, -0.2) is 50.6 Å². The molecule has 1 aliphatic rings. The first-order valence-electron chi connectivity index (χ1n) is 12.1. The number of likely N-dealkylation sites (N-methyl/N-ethyl adjacent to an activating group) is 1. The minimum atomic E-state index is -1.14. The summed E-state index contributed by atoms with van der Waals surface area (Å²) in [6, 6.07) is 4.79. The Morgan fingerprint density at radius 1 is 1.18 bits per heavy atom. The lowest BCUT2D eigenvalue weighted by Crippen LogP contribution is -2.70. The van der Waals surface area contributed by atoms with Gasteiger partial charge in [-0.15, -0.1) is 0 Å². The van der Waals surface area contributed by atoms with Crippen molar-refractivity contribution in [1.29, 1.82) is 0 Å². The molecule has 3 heterocycles. The van der Waals surface area contributed by atoms with Crippen LogP contribution in [-0.2, 0) is 23.1 Å². The second-order valence-corrected chi connectivity index (χ2v) is 9.27. The van der Waals surface area contributed by atoms with Gasteiger partial charge in [-0.05, 0) is 43.0 Å². The fourth-order valence-corrected chi connectivity index (χ4v) is 4.69. The molecule has 0 radical (unpaired) electrons. The van der Waals surface area contributed by atoms with E-state index in [1.165, 1.54) is 48.1 Å². The van der Waals surface area contributed by atoms with Gasteiger partial charge < -0.3 is 11.1 Å². The Labute approximate surface area is 218 Å². The molecule has 12 heteroatoms. The normalized spacial score (nSPS) is 17.6. The molecule has 3 atom stereocenters. The molecule has 3 N–H and O–H groups in total. The third-order valence-electron chi connectivity index (χ3n) is 6.84. The number of carbonyl (C=O) groups is 3. The van der Waals surface area contributed by atoms with Gasteiger partial charge in [0.15, 0.2) is 11.6 Å². The number of rotatable bonds is 7. The van der Waals surface area contributed by atoms with E-state index < -0.39 is 47.5 Å². The molecule has 0 saturated carbocycles. The smallest absolute Gasteiger partial charge is 0.325 e. The summed E-state index contributed by atoms with van der Waals surface area (Å²) in [6.07, 6.45) is 3.40. The van der Waals surface area contributed by atoms with Crippen LogP contribution in [0.15, 0.2) is 42.7 Å². The molecule has 4 rings (SSSR count). The highest BCUT2D eigenvalue weighted by Gasteiger charge is 2.55. The highest BCUT2D eigenvalue weighted by atomic mass is 19.2. The SMILES string of the molecule is CCC(NC(=O)N1C(=O)[C@H](Cc2ccnc(N)c2)[C@H]1C(=O)N(C)c1ccnn1C)c1ccc(C)c(F)c1F. The number of amides is 4. The van der Waals surface area contributed by atoms with E-state index >= 15 is 0 Å². The molecule has 4 amide bonds. The third kappa shape index (κ3) is 4.81. The molecule has 1 aliphatic heterocycles. The standard InChI is InChI=1S/C26H29F2N7O3/c1-5-18(16-7-6-14(2)21(27)22(16)28)32-26(38)35-23(25(37)33(3)20-9-11-31-34(20)4)17(24(35)36)12-15-8-10-30-19(29)13-15/h6-11,13,17-18,23H,5,12H2,1-4H3,(H2,29,30)(H,32,38)/t17-,18?,23+/m1/s1. The topological polar surface area (TPSA) is 126 Å². The summed E-state index contributed by atoms with van der Waals surface area (Å²) in [5, 5.41) is 6.68. The minimum Gasteiger partial charge on any atom is -0.384 e. The average Bonchev–Trinajstić information content (AvgIpc) is 3.32. The predicted molar refractivity (Wildman–Crippen MR) is 136 cm³/mol. The summed E-state index contributed by atoms with van der Waals surface area (Å²) in [4.78, 5) is 46.3. The third-order valence-corrected chi connectivity index (χ3v) is 6.84. The van der Waals surface area contributed by atoms with E-state index in [4.69, 9.17) is 5.73 Å². The van der Waals surface area contributed by atoms with Gasteiger partial charge in [0.1, 0.15) is 17.7 Å². The number of likely N-dealkylation sites (tertiary alicyclic amines) is 1. The van der Waals surface area contributed by atoms with E-state index in [-0.39, 0.29) is 29.8 Å². The lowest BCUT2D eigenvalue weighted by molar-refractivity contribution is -0.156. The summed E-state index contributed by atoms with van der Waals surface area (Å²) in [7, 11) is 3.19. The number of pyridine rings is 1. The van der Waals surface area contributed by atoms with Crippen LogP contribution < -0.4 is 16.0 Å². The van der Waals surface area contributed by atoms with Gasteiger partial charge in [0.2, 0.25) is 5.91 Å². The molecule has 0 aliphatic carbocycles. The van der Waals surface area contributed by atoms with Crippen molar-refractivity contribution >= 4 is 29.5 Å². The first-order valence-corrected chi connectivity index (χ1v) is 12.1. The van der Waals surface area contributed by atoms with Crippen LogP contribution in [0.4, 0.5) is 25.2 Å². The monoisotopic (exact) mass is 525 g/mol. The molecular weight excluding hydrogens is 496 g/mol. The maximum absolute atomic E-state index is 14.7. The average molecular weight is 526 g/mol. The number of β-lactam (4-membered cyclic amide) rings is 1. The molecule has 1 fully saturated rings. The van der Waals surface area contributed by atoms with Crippen LogP contribution in [0.3, 0.4) is 0 Å². The molecule has 0 bridgehead atoms. The lowest BCUT2D eigenvalue weighted by Gasteiger charge is -2.46. The zero-order valence-corrected chi connectivity index (χ0v) is 21.5. The van der Waals surface area contributed by atoms with Crippen LogP contribution in [0, 0.1) is 24.5 Å². The van der Waals surface area contributed by atoms with Gasteiger partial charge in [-0.3, -0.25) is 24.1 Å². The van der Waals surface area contributed by atoms with Gasteiger partial charge in [0, 0.05) is 31.9 Å². The molecule has 2 aromatic heterocycles. The molecule has 10 nitrogen and oxygen atoms in total. The first-order chi connectivity index (χ1) is 18.0. The van der Waals surface area contributed by atoms with Crippen LogP contribution in [0.2, 0.25) is 0 Å². The van der Waals surface area contributed by atoms with Crippen LogP contribution >= 0.6 is 0 Å². The number of urea groups is 1. The summed E-state index contributed by atoms with van der Waals surface area (Å²) < 4.78 is 30.4. The molecule has 200 valence electrons. The largest absolute Gasteiger partial charge is 0.384 e. The summed E-state index contributed by atoms with van der Waals surface area (Å²) in [6.45, 7) is 3.13. The zero-order valence-electron chi connectivity index (χ0n) is 21.5. The van der Waals surface area contributed by atoms with E-state index in [0.29, 0.717) is 11.4 Å². The van der Waals surface area contributed by atoms with Gasteiger partial charge in [-0.1, -0.05) is 19.1 Å². The zero-order chi connectivity index (χ0) is 27.7. The van der Waals surface area contributed by atoms with E-state index in [2.05, 4.69) is 15.4 Å². The number of carbonyl (C=O) groups excluding carboxylic acids is 3. The quantitative estimate of drug-likeness (QED) is 0.457. The Bertz CT molecular complexity index is 1390. The Hall–Kier alpha value is -4.35. The van der Waals surface area contributed by atoms with Crippen molar-refractivity contribution in [2.75, 3.05) is 17.7 Å². The highest BCUT2D eigenvalue weighted by molar-refractivity contribution is 6.12. The molecule has 3 aromatic rings. The number of aryl methyl sites for hydroxylation is 2. The Morgan fingerprint density at radius 3 is 2.55 bits per heavy atom. The number of benzene rings is 1. The van der Waals surface area contributed by atoms with Crippen molar-refractivity contribution in [2.24, 2.45) is 13.0 Å². The Morgan fingerprint density at radius 2 is 1.92 bits per heavy atom. The van der Waals surface area contributed by atoms with Gasteiger partial charge in [-0.25, -0.2) is 18.6 Å². The number of nitrogens with one attached hydrogen (secondary N) is 1. The summed E-state index contributed by atoms with van der Waals surface area (Å²) in [5.74, 6) is -3.26. The maximum atomic E-state index is 14.7. The van der Waals surface area contributed by atoms with Gasteiger partial charge in [-0.2, -0.15) is 5.10 Å². The number of nitrogen functional groups attached to an aromatic ring is 1. The van der Waals surface area contributed by atoms with Crippen molar-refractivity contribution in [3.8, 4) is 0 Å². The van der Waals surface area contributed by atoms with Gasteiger partial charge in [0.05, 0.1) is 18.2 Å². The number of nitrogens with two attached hydrogens (primary N) is 1. The number of anilines is 2. The van der Waals surface area contributed by atoms with E-state index in [1.54, 1.807) is 32.2 Å². The molecule has 0 spiro atoms. The number of halogens is 2. The number of hydrogen-bond donors (Lipinski definition) is 2. The molecule has 1 unspecified atom stereocenters. The van der Waals surface area contributed by atoms with E-state index in [0.717, 1.165) is 4.90 Å². The van der Waals surface area contributed by atoms with Crippen LogP contribution in [0.25, 0.3) is 0 Å². The highest BCUT2D eigenvalue weighted by Crippen LogP contribution is 2.34.